The molecular weight excluding hydrogens is 345 g/mol. The van der Waals surface area contributed by atoms with E-state index in [1.807, 2.05) is 0 Å². The molecule has 1 aromatic carbocycles. The highest BCUT2D eigenvalue weighted by Crippen LogP contribution is 2.36. The molecule has 1 heterocycles. The van der Waals surface area contributed by atoms with Gasteiger partial charge in [-0.3, -0.25) is 4.79 Å². The number of sulfone groups is 1. The number of aryl methyl sites for hydroxylation is 1. The second-order valence-corrected chi connectivity index (χ2v) is 8.55. The Morgan fingerprint density at radius 3 is 2.60 bits per heavy atom. The highest BCUT2D eigenvalue weighted by Gasteiger charge is 2.24. The molecule has 1 fully saturated rings. The second kappa shape index (κ2) is 6.63. The number of rotatable bonds is 6. The van der Waals surface area contributed by atoms with Crippen LogP contribution in [0.2, 0.25) is 0 Å². The van der Waals surface area contributed by atoms with Gasteiger partial charge in [0.1, 0.15) is 5.75 Å². The molecule has 3 rings (SSSR count). The van der Waals surface area contributed by atoms with E-state index in [0.29, 0.717) is 18.3 Å². The number of hydrogen-bond donors (Lipinski definition) is 0. The lowest BCUT2D eigenvalue weighted by Gasteiger charge is -2.14. The van der Waals surface area contributed by atoms with Crippen molar-refractivity contribution in [2.45, 2.75) is 24.7 Å². The van der Waals surface area contributed by atoms with Gasteiger partial charge in [-0.1, -0.05) is 6.92 Å². The first kappa shape index (κ1) is 17.7. The van der Waals surface area contributed by atoms with E-state index in [1.54, 1.807) is 6.92 Å². The molecule has 134 valence electrons. The van der Waals surface area contributed by atoms with E-state index in [9.17, 15) is 17.6 Å². The van der Waals surface area contributed by atoms with E-state index in [1.165, 1.54) is 37.5 Å². The molecule has 25 heavy (non-hydrogen) atoms. The van der Waals surface area contributed by atoms with E-state index < -0.39 is 21.2 Å². The highest BCUT2D eigenvalue weighted by atomic mass is 32.2. The quantitative estimate of drug-likeness (QED) is 0.790. The van der Waals surface area contributed by atoms with Crippen molar-refractivity contribution in [2.75, 3.05) is 12.4 Å². The van der Waals surface area contributed by atoms with Crippen LogP contribution in [0.3, 0.4) is 0 Å². The van der Waals surface area contributed by atoms with E-state index in [-0.39, 0.29) is 21.8 Å². The SMILES string of the molecule is CCS(=O)(=O)c1ccc(OCC2CC2)c(-c2ccn(C)c(=O)c2F)c1. The fraction of sp³-hybridized carbons (Fsp3) is 0.389. The van der Waals surface area contributed by atoms with Crippen LogP contribution in [-0.2, 0) is 16.9 Å². The smallest absolute Gasteiger partial charge is 0.286 e. The summed E-state index contributed by atoms with van der Waals surface area (Å²) in [4.78, 5) is 12.0. The Hall–Kier alpha value is -2.15. The van der Waals surface area contributed by atoms with Gasteiger partial charge in [-0.2, -0.15) is 0 Å². The Labute approximate surface area is 146 Å². The Kier molecular flexibility index (Phi) is 4.69. The maximum Gasteiger partial charge on any atom is 0.286 e. The van der Waals surface area contributed by atoms with Crippen molar-refractivity contribution in [1.29, 1.82) is 0 Å². The largest absolute Gasteiger partial charge is 0.493 e. The number of nitrogens with zero attached hydrogens (tertiary/aromatic N) is 1. The topological polar surface area (TPSA) is 65.4 Å². The zero-order chi connectivity index (χ0) is 18.2. The first-order chi connectivity index (χ1) is 11.8. The molecular formula is C18H20FNO4S. The van der Waals surface area contributed by atoms with Gasteiger partial charge in [0.2, 0.25) is 0 Å². The van der Waals surface area contributed by atoms with Gasteiger partial charge in [-0.25, -0.2) is 12.8 Å². The summed E-state index contributed by atoms with van der Waals surface area (Å²) in [5, 5.41) is 0. The summed E-state index contributed by atoms with van der Waals surface area (Å²) in [7, 11) is -2.00. The molecule has 2 aromatic rings. The molecule has 0 spiro atoms. The zero-order valence-corrected chi connectivity index (χ0v) is 15.0. The minimum absolute atomic E-state index is 0.0436. The number of pyridine rings is 1. The molecule has 0 radical (unpaired) electrons. The number of benzene rings is 1. The molecule has 0 atom stereocenters. The monoisotopic (exact) mass is 365 g/mol. The number of aromatic nitrogens is 1. The fourth-order valence-corrected chi connectivity index (χ4v) is 3.41. The molecule has 1 aliphatic carbocycles. The molecule has 7 heteroatoms. The van der Waals surface area contributed by atoms with E-state index >= 15 is 0 Å². The number of halogens is 1. The molecule has 1 saturated carbocycles. The van der Waals surface area contributed by atoms with E-state index in [2.05, 4.69) is 0 Å². The van der Waals surface area contributed by atoms with Crippen LogP contribution in [0, 0.1) is 11.7 Å². The minimum Gasteiger partial charge on any atom is -0.493 e. The van der Waals surface area contributed by atoms with Crippen LogP contribution in [0.25, 0.3) is 11.1 Å². The average Bonchev–Trinajstić information content (AvgIpc) is 3.42. The summed E-state index contributed by atoms with van der Waals surface area (Å²) < 4.78 is 45.8. The molecule has 0 aliphatic heterocycles. The van der Waals surface area contributed by atoms with Crippen molar-refractivity contribution in [3.8, 4) is 16.9 Å². The van der Waals surface area contributed by atoms with Crippen molar-refractivity contribution in [2.24, 2.45) is 13.0 Å². The van der Waals surface area contributed by atoms with Gasteiger partial charge in [0.05, 0.1) is 17.3 Å². The third-order valence-electron chi connectivity index (χ3n) is 4.36. The van der Waals surface area contributed by atoms with Crippen LogP contribution in [0.1, 0.15) is 19.8 Å². The van der Waals surface area contributed by atoms with Gasteiger partial charge in [0.25, 0.3) is 5.56 Å². The van der Waals surface area contributed by atoms with Gasteiger partial charge >= 0.3 is 0 Å². The van der Waals surface area contributed by atoms with Crippen molar-refractivity contribution < 1.29 is 17.5 Å². The lowest BCUT2D eigenvalue weighted by molar-refractivity contribution is 0.300. The third-order valence-corrected chi connectivity index (χ3v) is 6.09. The van der Waals surface area contributed by atoms with Gasteiger partial charge in [0, 0.05) is 24.4 Å². The maximum atomic E-state index is 14.5. The first-order valence-electron chi connectivity index (χ1n) is 8.18. The van der Waals surface area contributed by atoms with Crippen LogP contribution in [0.4, 0.5) is 4.39 Å². The Morgan fingerprint density at radius 1 is 1.24 bits per heavy atom. The molecule has 0 bridgehead atoms. The normalized spacial score (nSPS) is 14.5. The Morgan fingerprint density at radius 2 is 1.96 bits per heavy atom. The molecule has 0 amide bonds. The predicted octanol–water partition coefficient (Wildman–Crippen LogP) is 2.77. The van der Waals surface area contributed by atoms with Gasteiger partial charge in [0.15, 0.2) is 15.7 Å². The summed E-state index contributed by atoms with van der Waals surface area (Å²) in [5.41, 5.74) is -0.443. The van der Waals surface area contributed by atoms with E-state index in [0.717, 1.165) is 17.4 Å². The van der Waals surface area contributed by atoms with Crippen LogP contribution < -0.4 is 10.3 Å². The number of ether oxygens (including phenoxy) is 1. The van der Waals surface area contributed by atoms with E-state index in [4.69, 9.17) is 4.74 Å². The van der Waals surface area contributed by atoms with Crippen LogP contribution in [-0.4, -0.2) is 25.3 Å². The lowest BCUT2D eigenvalue weighted by Crippen LogP contribution is -2.20. The summed E-state index contributed by atoms with van der Waals surface area (Å²) in [6.45, 7) is 2.05. The third kappa shape index (κ3) is 3.61. The molecule has 1 aliphatic rings. The highest BCUT2D eigenvalue weighted by molar-refractivity contribution is 7.91. The van der Waals surface area contributed by atoms with Crippen molar-refractivity contribution in [3.05, 3.63) is 46.6 Å². The van der Waals surface area contributed by atoms with Crippen LogP contribution >= 0.6 is 0 Å². The van der Waals surface area contributed by atoms with Crippen molar-refractivity contribution in [3.63, 3.8) is 0 Å². The van der Waals surface area contributed by atoms with Crippen LogP contribution in [0.5, 0.6) is 5.75 Å². The Bertz CT molecular complexity index is 962. The minimum atomic E-state index is -3.46. The predicted molar refractivity (Wildman–Crippen MR) is 93.0 cm³/mol. The molecule has 1 aromatic heterocycles. The molecule has 0 N–H and O–H groups in total. The summed E-state index contributed by atoms with van der Waals surface area (Å²) in [5.74, 6) is -0.116. The standard InChI is InChI=1S/C18H20FNO4S/c1-3-25(22,23)13-6-7-16(24-11-12-4-5-12)15(10-13)14-8-9-20(2)18(21)17(14)19/h6-10,12H,3-5,11H2,1-2H3. The molecule has 0 saturated heterocycles. The van der Waals surface area contributed by atoms with Gasteiger partial charge in [-0.05, 0) is 43.0 Å². The summed E-state index contributed by atoms with van der Waals surface area (Å²) >= 11 is 0. The van der Waals surface area contributed by atoms with Crippen LogP contribution in [0.15, 0.2) is 40.2 Å². The van der Waals surface area contributed by atoms with Crippen molar-refractivity contribution >= 4 is 9.84 Å². The summed E-state index contributed by atoms with van der Waals surface area (Å²) in [6, 6.07) is 5.85. The number of hydrogen-bond acceptors (Lipinski definition) is 4. The first-order valence-corrected chi connectivity index (χ1v) is 9.84. The Balaban J connectivity index is 2.14. The zero-order valence-electron chi connectivity index (χ0n) is 14.2. The fourth-order valence-electron chi connectivity index (χ4n) is 2.50. The maximum absolute atomic E-state index is 14.5. The second-order valence-electron chi connectivity index (χ2n) is 6.28. The van der Waals surface area contributed by atoms with Gasteiger partial charge in [-0.15, -0.1) is 0 Å². The average molecular weight is 365 g/mol. The van der Waals surface area contributed by atoms with Crippen molar-refractivity contribution in [1.82, 2.24) is 4.57 Å². The summed E-state index contributed by atoms with van der Waals surface area (Å²) in [6.07, 6.45) is 3.64. The van der Waals surface area contributed by atoms with Gasteiger partial charge < -0.3 is 9.30 Å². The lowest BCUT2D eigenvalue weighted by atomic mass is 10.1. The molecule has 0 unspecified atom stereocenters. The molecule has 5 nitrogen and oxygen atoms in total.